The van der Waals surface area contributed by atoms with Gasteiger partial charge in [-0.2, -0.15) is 0 Å². The van der Waals surface area contributed by atoms with Gasteiger partial charge in [-0.25, -0.2) is 0 Å². The monoisotopic (exact) mass is 338 g/mol. The molecule has 1 saturated heterocycles. The maximum atomic E-state index is 12.7. The summed E-state index contributed by atoms with van der Waals surface area (Å²) >= 11 is 0. The lowest BCUT2D eigenvalue weighted by molar-refractivity contribution is 0.0893. The Kier molecular flexibility index (Phi) is 4.16. The highest BCUT2D eigenvalue weighted by atomic mass is 16.3. The number of hydrogen-bond acceptors (Lipinski definition) is 3. The molecule has 1 N–H and O–H groups in total. The summed E-state index contributed by atoms with van der Waals surface area (Å²) in [5.74, 6) is 1.99. The lowest BCUT2D eigenvalue weighted by Crippen LogP contribution is -2.35. The van der Waals surface area contributed by atoms with Gasteiger partial charge in [-0.3, -0.25) is 9.69 Å². The molecule has 1 aromatic heterocycles. The van der Waals surface area contributed by atoms with E-state index >= 15 is 0 Å². The van der Waals surface area contributed by atoms with E-state index in [-0.39, 0.29) is 11.9 Å². The Bertz CT molecular complexity index is 782. The lowest BCUT2D eigenvalue weighted by Gasteiger charge is -2.26. The van der Waals surface area contributed by atoms with Gasteiger partial charge in [0.2, 0.25) is 0 Å². The van der Waals surface area contributed by atoms with Crippen LogP contribution < -0.4 is 5.32 Å². The zero-order chi connectivity index (χ0) is 17.6. The zero-order valence-electron chi connectivity index (χ0n) is 15.2. The molecule has 2 heterocycles. The van der Waals surface area contributed by atoms with Gasteiger partial charge in [0.25, 0.3) is 5.91 Å². The first-order valence-electron chi connectivity index (χ1n) is 9.28. The second kappa shape index (κ2) is 6.34. The number of carbonyl (C=O) groups is 1. The number of benzene rings is 1. The van der Waals surface area contributed by atoms with Gasteiger partial charge in [0.1, 0.15) is 5.76 Å². The fourth-order valence-corrected chi connectivity index (χ4v) is 4.46. The molecule has 1 aliphatic carbocycles. The molecule has 4 rings (SSSR count). The Labute approximate surface area is 149 Å². The largest absolute Gasteiger partial charge is 0.456 e. The van der Waals surface area contributed by atoms with E-state index in [0.717, 1.165) is 25.3 Å². The molecule has 4 atom stereocenters. The van der Waals surface area contributed by atoms with Gasteiger partial charge in [-0.1, -0.05) is 31.2 Å². The van der Waals surface area contributed by atoms with E-state index in [1.54, 1.807) is 6.07 Å². The molecule has 0 spiro atoms. The average molecular weight is 338 g/mol. The molecule has 0 radical (unpaired) electrons. The van der Waals surface area contributed by atoms with Crippen molar-refractivity contribution in [2.75, 3.05) is 13.1 Å². The highest BCUT2D eigenvalue weighted by molar-refractivity contribution is 5.92. The summed E-state index contributed by atoms with van der Waals surface area (Å²) in [6.07, 6.45) is 1.16. The number of likely N-dealkylation sites (tertiary alicyclic amines) is 1. The van der Waals surface area contributed by atoms with Crippen LogP contribution in [-0.4, -0.2) is 29.9 Å². The number of furan rings is 1. The average Bonchev–Trinajstić information content (AvgIpc) is 3.30. The zero-order valence-corrected chi connectivity index (χ0v) is 15.2. The van der Waals surface area contributed by atoms with Crippen LogP contribution in [0.1, 0.15) is 59.7 Å². The van der Waals surface area contributed by atoms with E-state index in [1.165, 1.54) is 11.1 Å². The van der Waals surface area contributed by atoms with Crippen molar-refractivity contribution >= 4 is 5.91 Å². The van der Waals surface area contributed by atoms with Gasteiger partial charge < -0.3 is 9.73 Å². The van der Waals surface area contributed by atoms with Crippen LogP contribution in [0, 0.1) is 12.8 Å². The van der Waals surface area contributed by atoms with Gasteiger partial charge in [-0.05, 0) is 43.5 Å². The number of rotatable bonds is 4. The minimum absolute atomic E-state index is 0.0631. The van der Waals surface area contributed by atoms with Crippen molar-refractivity contribution in [1.82, 2.24) is 10.2 Å². The highest BCUT2D eigenvalue weighted by Crippen LogP contribution is 2.49. The van der Waals surface area contributed by atoms with E-state index in [2.05, 4.69) is 48.3 Å². The van der Waals surface area contributed by atoms with Crippen molar-refractivity contribution in [2.45, 2.75) is 45.2 Å². The van der Waals surface area contributed by atoms with Crippen LogP contribution in [0.15, 0.2) is 40.8 Å². The predicted octanol–water partition coefficient (Wildman–Crippen LogP) is 3.89. The molecule has 2 aromatic rings. The molecule has 1 amide bonds. The van der Waals surface area contributed by atoms with Crippen molar-refractivity contribution in [3.05, 3.63) is 59.0 Å². The molecule has 0 saturated carbocycles. The first-order chi connectivity index (χ1) is 12.1. The molecule has 25 heavy (non-hydrogen) atoms. The van der Waals surface area contributed by atoms with Crippen LogP contribution in [-0.2, 0) is 0 Å². The standard InChI is InChI=1S/C21H26N2O2/c1-4-13(2)23-11-17-15-7-5-6-8-16(15)20(18(17)12-23)22-21(24)19-10-9-14(3)25-19/h5-10,13,17-18,20H,4,11-12H2,1-3H3,(H,22,24)/t13-,17+,18+,20-/m1/s1. The molecular weight excluding hydrogens is 312 g/mol. The molecule has 1 aromatic carbocycles. The topological polar surface area (TPSA) is 45.5 Å². The summed E-state index contributed by atoms with van der Waals surface area (Å²) in [6, 6.07) is 12.8. The first-order valence-corrected chi connectivity index (χ1v) is 9.28. The summed E-state index contributed by atoms with van der Waals surface area (Å²) < 4.78 is 5.51. The summed E-state index contributed by atoms with van der Waals surface area (Å²) in [6.45, 7) is 8.52. The lowest BCUT2D eigenvalue weighted by atomic mass is 9.94. The van der Waals surface area contributed by atoms with Crippen molar-refractivity contribution in [3.63, 3.8) is 0 Å². The maximum absolute atomic E-state index is 12.7. The Balaban J connectivity index is 1.61. The van der Waals surface area contributed by atoms with Crippen LogP contribution >= 0.6 is 0 Å². The van der Waals surface area contributed by atoms with Gasteiger partial charge >= 0.3 is 0 Å². The van der Waals surface area contributed by atoms with E-state index in [4.69, 9.17) is 4.42 Å². The van der Waals surface area contributed by atoms with Gasteiger partial charge in [0, 0.05) is 31.0 Å². The third kappa shape index (κ3) is 2.78. The fourth-order valence-electron chi connectivity index (χ4n) is 4.46. The Hall–Kier alpha value is -2.07. The predicted molar refractivity (Wildman–Crippen MR) is 97.7 cm³/mol. The van der Waals surface area contributed by atoms with E-state index in [1.807, 2.05) is 13.0 Å². The molecule has 4 nitrogen and oxygen atoms in total. The molecule has 2 aliphatic rings. The van der Waals surface area contributed by atoms with Crippen molar-refractivity contribution in [2.24, 2.45) is 5.92 Å². The second-order valence-corrected chi connectivity index (χ2v) is 7.47. The first kappa shape index (κ1) is 16.4. The van der Waals surface area contributed by atoms with Crippen molar-refractivity contribution < 1.29 is 9.21 Å². The van der Waals surface area contributed by atoms with Crippen LogP contribution in [0.2, 0.25) is 0 Å². The minimum Gasteiger partial charge on any atom is -0.456 e. The Morgan fingerprint density at radius 3 is 2.68 bits per heavy atom. The SMILES string of the molecule is CC[C@@H](C)N1C[C@@H]2[C@H](NC(=O)c3ccc(C)o3)c3ccccc3[C@@H]2C1. The second-order valence-electron chi connectivity index (χ2n) is 7.47. The number of fused-ring (bicyclic) bond motifs is 3. The highest BCUT2D eigenvalue weighted by Gasteiger charge is 2.47. The Morgan fingerprint density at radius 2 is 2.00 bits per heavy atom. The normalized spacial score (nSPS) is 26.3. The third-order valence-corrected chi connectivity index (χ3v) is 6.02. The summed E-state index contributed by atoms with van der Waals surface area (Å²) in [5, 5.41) is 3.25. The smallest absolute Gasteiger partial charge is 0.287 e. The van der Waals surface area contributed by atoms with Crippen molar-refractivity contribution in [1.29, 1.82) is 0 Å². The quantitative estimate of drug-likeness (QED) is 0.920. The molecule has 0 unspecified atom stereocenters. The Morgan fingerprint density at radius 1 is 1.24 bits per heavy atom. The van der Waals surface area contributed by atoms with Crippen LogP contribution in [0.25, 0.3) is 0 Å². The number of hydrogen-bond donors (Lipinski definition) is 1. The van der Waals surface area contributed by atoms with Crippen LogP contribution in [0.4, 0.5) is 0 Å². The van der Waals surface area contributed by atoms with Crippen LogP contribution in [0.5, 0.6) is 0 Å². The third-order valence-electron chi connectivity index (χ3n) is 6.02. The number of amides is 1. The number of aryl methyl sites for hydroxylation is 1. The molecule has 1 fully saturated rings. The van der Waals surface area contributed by atoms with Crippen molar-refractivity contribution in [3.8, 4) is 0 Å². The fraction of sp³-hybridized carbons (Fsp3) is 0.476. The summed E-state index contributed by atoms with van der Waals surface area (Å²) in [7, 11) is 0. The minimum atomic E-state index is -0.115. The van der Waals surface area contributed by atoms with E-state index in [0.29, 0.717) is 23.6 Å². The summed E-state index contributed by atoms with van der Waals surface area (Å²) in [4.78, 5) is 15.2. The van der Waals surface area contributed by atoms with Crippen LogP contribution in [0.3, 0.4) is 0 Å². The van der Waals surface area contributed by atoms with Gasteiger partial charge in [-0.15, -0.1) is 0 Å². The molecule has 4 heteroatoms. The number of nitrogens with zero attached hydrogens (tertiary/aromatic N) is 1. The summed E-state index contributed by atoms with van der Waals surface area (Å²) in [5.41, 5.74) is 2.68. The number of carbonyl (C=O) groups excluding carboxylic acids is 1. The maximum Gasteiger partial charge on any atom is 0.287 e. The van der Waals surface area contributed by atoms with Gasteiger partial charge in [0.15, 0.2) is 5.76 Å². The number of nitrogens with one attached hydrogen (secondary N) is 1. The molecular formula is C21H26N2O2. The molecule has 132 valence electrons. The molecule has 1 aliphatic heterocycles. The molecule has 0 bridgehead atoms. The van der Waals surface area contributed by atoms with Gasteiger partial charge in [0.05, 0.1) is 6.04 Å². The van der Waals surface area contributed by atoms with E-state index < -0.39 is 0 Å². The van der Waals surface area contributed by atoms with E-state index in [9.17, 15) is 4.79 Å².